The zero-order chi connectivity index (χ0) is 19.6. The van der Waals surface area contributed by atoms with Gasteiger partial charge in [-0.2, -0.15) is 4.98 Å². The molecule has 0 aliphatic carbocycles. The molecule has 0 saturated carbocycles. The summed E-state index contributed by atoms with van der Waals surface area (Å²) in [6.07, 6.45) is 0.789. The second-order valence-corrected chi connectivity index (χ2v) is 7.75. The summed E-state index contributed by atoms with van der Waals surface area (Å²) in [4.78, 5) is 31.0. The van der Waals surface area contributed by atoms with Crippen molar-refractivity contribution in [2.75, 3.05) is 6.54 Å². The highest BCUT2D eigenvalue weighted by molar-refractivity contribution is 5.83. The van der Waals surface area contributed by atoms with Gasteiger partial charge in [0.2, 0.25) is 11.8 Å². The molecule has 7 heteroatoms. The molecule has 0 radical (unpaired) electrons. The average Bonchev–Trinajstić information content (AvgIpc) is 3.05. The van der Waals surface area contributed by atoms with Crippen LogP contribution < -0.4 is 10.9 Å². The Balaban J connectivity index is 1.56. The maximum absolute atomic E-state index is 12.2. The number of fused-ring (bicyclic) bond motifs is 1. The van der Waals surface area contributed by atoms with Crippen molar-refractivity contribution in [2.45, 2.75) is 46.0 Å². The number of aromatic amines is 1. The number of rotatable bonds is 5. The van der Waals surface area contributed by atoms with Crippen molar-refractivity contribution in [3.8, 4) is 0 Å². The van der Waals surface area contributed by atoms with Gasteiger partial charge in [0.05, 0.1) is 6.42 Å². The first-order valence-corrected chi connectivity index (χ1v) is 8.95. The summed E-state index contributed by atoms with van der Waals surface area (Å²) in [5, 5.41) is 7.74. The topological polar surface area (TPSA) is 101 Å². The first kappa shape index (κ1) is 18.8. The number of carbonyl (C=O) groups is 1. The summed E-state index contributed by atoms with van der Waals surface area (Å²) in [6, 6.07) is 7.43. The van der Waals surface area contributed by atoms with Gasteiger partial charge in [0.1, 0.15) is 0 Å². The molecule has 7 nitrogen and oxygen atoms in total. The molecule has 0 saturated heterocycles. The van der Waals surface area contributed by atoms with Gasteiger partial charge in [-0.1, -0.05) is 32.0 Å². The summed E-state index contributed by atoms with van der Waals surface area (Å²) < 4.78 is 5.24. The molecule has 2 aromatic heterocycles. The Kier molecular flexibility index (Phi) is 5.12. The van der Waals surface area contributed by atoms with Crippen molar-refractivity contribution in [3.63, 3.8) is 0 Å². The monoisotopic (exact) mass is 368 g/mol. The maximum Gasteiger partial charge on any atom is 0.251 e. The Labute approximate surface area is 157 Å². The van der Waals surface area contributed by atoms with Crippen molar-refractivity contribution in [1.29, 1.82) is 0 Å². The Morgan fingerprint density at radius 3 is 2.74 bits per heavy atom. The van der Waals surface area contributed by atoms with Gasteiger partial charge in [-0.15, -0.1) is 0 Å². The van der Waals surface area contributed by atoms with E-state index >= 15 is 0 Å². The fourth-order valence-corrected chi connectivity index (χ4v) is 2.70. The van der Waals surface area contributed by atoms with Crippen LogP contribution in [-0.4, -0.2) is 27.6 Å². The number of benzene rings is 1. The predicted octanol–water partition coefficient (Wildman–Crippen LogP) is 2.42. The first-order chi connectivity index (χ1) is 12.7. The van der Waals surface area contributed by atoms with E-state index in [1.807, 2.05) is 45.0 Å². The molecule has 2 heterocycles. The number of hydrogen-bond acceptors (Lipinski definition) is 5. The van der Waals surface area contributed by atoms with Crippen molar-refractivity contribution < 1.29 is 9.32 Å². The van der Waals surface area contributed by atoms with Gasteiger partial charge in [0.15, 0.2) is 5.82 Å². The van der Waals surface area contributed by atoms with Gasteiger partial charge in [0, 0.05) is 29.5 Å². The third kappa shape index (κ3) is 4.61. The summed E-state index contributed by atoms with van der Waals surface area (Å²) in [5.41, 5.74) is 2.03. The van der Waals surface area contributed by atoms with E-state index < -0.39 is 0 Å². The van der Waals surface area contributed by atoms with Gasteiger partial charge in [-0.3, -0.25) is 9.59 Å². The Hall–Kier alpha value is -2.96. The minimum atomic E-state index is -0.187. The number of aryl methyl sites for hydroxylation is 1. The summed E-state index contributed by atoms with van der Waals surface area (Å²) in [7, 11) is 0. The van der Waals surface area contributed by atoms with Gasteiger partial charge in [-0.25, -0.2) is 0 Å². The number of aromatic nitrogens is 3. The average molecular weight is 368 g/mol. The molecule has 27 heavy (non-hydrogen) atoms. The number of hydrogen-bond donors (Lipinski definition) is 2. The van der Waals surface area contributed by atoms with Crippen LogP contribution in [0.1, 0.15) is 43.6 Å². The van der Waals surface area contributed by atoms with E-state index in [2.05, 4.69) is 20.4 Å². The standard InChI is InChI=1S/C20H24N4O3/c1-12-9-14-10-13(5-6-15(14)22-18(12)26)11-17(25)21-8-7-16-23-19(27-24-16)20(2,3)4/h5-6,9-10H,7-8,11H2,1-4H3,(H,21,25)(H,22,26). The number of carbonyl (C=O) groups excluding carboxylic acids is 1. The quantitative estimate of drug-likeness (QED) is 0.720. The zero-order valence-corrected chi connectivity index (χ0v) is 16.0. The third-order valence-electron chi connectivity index (χ3n) is 4.24. The predicted molar refractivity (Wildman–Crippen MR) is 103 cm³/mol. The van der Waals surface area contributed by atoms with Crippen LogP contribution in [0.2, 0.25) is 0 Å². The molecule has 0 bridgehead atoms. The van der Waals surface area contributed by atoms with Crippen molar-refractivity contribution >= 4 is 16.8 Å². The fourth-order valence-electron chi connectivity index (χ4n) is 2.70. The van der Waals surface area contributed by atoms with Crippen LogP contribution >= 0.6 is 0 Å². The highest BCUT2D eigenvalue weighted by Gasteiger charge is 2.21. The van der Waals surface area contributed by atoms with Crippen LogP contribution in [0, 0.1) is 6.92 Å². The third-order valence-corrected chi connectivity index (χ3v) is 4.24. The van der Waals surface area contributed by atoms with E-state index in [0.29, 0.717) is 30.2 Å². The van der Waals surface area contributed by atoms with Crippen LogP contribution in [0.25, 0.3) is 10.9 Å². The van der Waals surface area contributed by atoms with Gasteiger partial charge >= 0.3 is 0 Å². The summed E-state index contributed by atoms with van der Waals surface area (Å²) >= 11 is 0. The number of amides is 1. The number of nitrogens with one attached hydrogen (secondary N) is 2. The molecular weight excluding hydrogens is 344 g/mol. The van der Waals surface area contributed by atoms with E-state index in [1.165, 1.54) is 0 Å². The molecule has 1 aromatic carbocycles. The molecule has 3 rings (SSSR count). The Bertz CT molecular complexity index is 1030. The Morgan fingerprint density at radius 1 is 1.26 bits per heavy atom. The number of nitrogens with zero attached hydrogens (tertiary/aromatic N) is 2. The van der Waals surface area contributed by atoms with Crippen LogP contribution in [0.3, 0.4) is 0 Å². The molecule has 1 amide bonds. The molecule has 142 valence electrons. The van der Waals surface area contributed by atoms with Gasteiger partial charge in [-0.05, 0) is 36.1 Å². The van der Waals surface area contributed by atoms with Crippen LogP contribution in [0.5, 0.6) is 0 Å². The fraction of sp³-hybridized carbons (Fsp3) is 0.400. The summed E-state index contributed by atoms with van der Waals surface area (Å²) in [5.74, 6) is 1.11. The van der Waals surface area contributed by atoms with E-state index in [4.69, 9.17) is 4.52 Å². The zero-order valence-electron chi connectivity index (χ0n) is 16.0. The van der Waals surface area contributed by atoms with Gasteiger partial charge < -0.3 is 14.8 Å². The summed E-state index contributed by atoms with van der Waals surface area (Å²) in [6.45, 7) is 8.23. The molecule has 3 aromatic rings. The SMILES string of the molecule is Cc1cc2cc(CC(=O)NCCc3noc(C(C)(C)C)n3)ccc2[nH]c1=O. The molecule has 0 spiro atoms. The molecule has 0 unspecified atom stereocenters. The largest absolute Gasteiger partial charge is 0.355 e. The van der Waals surface area contributed by atoms with Crippen molar-refractivity contribution in [2.24, 2.45) is 0 Å². The van der Waals surface area contributed by atoms with E-state index in [0.717, 1.165) is 16.5 Å². The molecule has 0 fully saturated rings. The lowest BCUT2D eigenvalue weighted by atomic mass is 9.97. The first-order valence-electron chi connectivity index (χ1n) is 8.95. The number of H-pyrrole nitrogens is 1. The highest BCUT2D eigenvalue weighted by Crippen LogP contribution is 2.19. The van der Waals surface area contributed by atoms with Crippen molar-refractivity contribution in [1.82, 2.24) is 20.4 Å². The van der Waals surface area contributed by atoms with Crippen LogP contribution in [0.4, 0.5) is 0 Å². The maximum atomic E-state index is 12.2. The lowest BCUT2D eigenvalue weighted by Crippen LogP contribution is -2.27. The molecule has 0 atom stereocenters. The number of pyridine rings is 1. The highest BCUT2D eigenvalue weighted by atomic mass is 16.5. The van der Waals surface area contributed by atoms with E-state index in [1.54, 1.807) is 6.92 Å². The Morgan fingerprint density at radius 2 is 2.04 bits per heavy atom. The molecule has 0 aliphatic rings. The van der Waals surface area contributed by atoms with Crippen LogP contribution in [0.15, 0.2) is 33.6 Å². The second-order valence-electron chi connectivity index (χ2n) is 7.75. The lowest BCUT2D eigenvalue weighted by Gasteiger charge is -2.10. The second kappa shape index (κ2) is 7.34. The van der Waals surface area contributed by atoms with Crippen molar-refractivity contribution in [3.05, 3.63) is 57.5 Å². The minimum absolute atomic E-state index is 0.0740. The van der Waals surface area contributed by atoms with E-state index in [-0.39, 0.29) is 23.3 Å². The van der Waals surface area contributed by atoms with Gasteiger partial charge in [0.25, 0.3) is 5.56 Å². The molecule has 0 aliphatic heterocycles. The molecular formula is C20H24N4O3. The smallest absolute Gasteiger partial charge is 0.251 e. The normalized spacial score (nSPS) is 11.7. The molecule has 2 N–H and O–H groups in total. The van der Waals surface area contributed by atoms with E-state index in [9.17, 15) is 9.59 Å². The lowest BCUT2D eigenvalue weighted by molar-refractivity contribution is -0.120. The minimum Gasteiger partial charge on any atom is -0.355 e. The van der Waals surface area contributed by atoms with Crippen LogP contribution in [-0.2, 0) is 23.1 Å².